The van der Waals surface area contributed by atoms with Gasteiger partial charge in [-0.15, -0.1) is 0 Å². The zero-order valence-corrected chi connectivity index (χ0v) is 10.8. The van der Waals surface area contributed by atoms with Crippen molar-refractivity contribution in [1.29, 1.82) is 0 Å². The third kappa shape index (κ3) is 3.76. The Balaban J connectivity index is 2.38. The van der Waals surface area contributed by atoms with Gasteiger partial charge in [-0.2, -0.15) is 0 Å². The minimum atomic E-state index is 0.266. The van der Waals surface area contributed by atoms with Gasteiger partial charge in [0.25, 0.3) is 0 Å². The molecule has 1 N–H and O–H groups in total. The van der Waals surface area contributed by atoms with Crippen molar-refractivity contribution in [3.8, 4) is 0 Å². The molecule has 1 aliphatic rings. The van der Waals surface area contributed by atoms with Crippen molar-refractivity contribution in [2.75, 3.05) is 39.8 Å². The first kappa shape index (κ1) is 13.5. The van der Waals surface area contributed by atoms with Crippen LogP contribution in [0.5, 0.6) is 0 Å². The summed E-state index contributed by atoms with van der Waals surface area (Å²) in [5, 5.41) is 3.30. The molecule has 0 aromatic carbocycles. The van der Waals surface area contributed by atoms with Gasteiger partial charge in [0.05, 0.1) is 6.54 Å². The number of piperidine rings is 1. The summed E-state index contributed by atoms with van der Waals surface area (Å²) in [5.41, 5.74) is 0. The zero-order valence-electron chi connectivity index (χ0n) is 10.8. The van der Waals surface area contributed by atoms with Gasteiger partial charge in [-0.05, 0) is 40.3 Å². The summed E-state index contributed by atoms with van der Waals surface area (Å²) in [6, 6.07) is 0.554. The van der Waals surface area contributed by atoms with Crippen molar-refractivity contribution in [2.45, 2.75) is 32.7 Å². The average molecular weight is 227 g/mol. The molecule has 1 unspecified atom stereocenters. The first-order chi connectivity index (χ1) is 7.71. The molecule has 1 saturated heterocycles. The highest BCUT2D eigenvalue weighted by Crippen LogP contribution is 2.09. The first-order valence-corrected chi connectivity index (χ1v) is 6.38. The number of hydrogen-bond acceptors (Lipinski definition) is 3. The molecule has 1 amide bonds. The van der Waals surface area contributed by atoms with Crippen LogP contribution in [0.4, 0.5) is 0 Å². The number of carbonyl (C=O) groups is 1. The van der Waals surface area contributed by atoms with Crippen molar-refractivity contribution >= 4 is 5.91 Å². The Morgan fingerprint density at radius 1 is 1.44 bits per heavy atom. The van der Waals surface area contributed by atoms with Crippen LogP contribution in [-0.2, 0) is 4.79 Å². The monoisotopic (exact) mass is 227 g/mol. The summed E-state index contributed by atoms with van der Waals surface area (Å²) in [5.74, 6) is 0.266. The van der Waals surface area contributed by atoms with Gasteiger partial charge in [0, 0.05) is 25.7 Å². The second-order valence-electron chi connectivity index (χ2n) is 4.43. The van der Waals surface area contributed by atoms with Crippen molar-refractivity contribution in [2.24, 2.45) is 0 Å². The highest BCUT2D eigenvalue weighted by Gasteiger charge is 2.21. The number of carbonyl (C=O) groups excluding carboxylic acids is 1. The Kier molecular flexibility index (Phi) is 5.77. The molecule has 1 aliphatic heterocycles. The highest BCUT2D eigenvalue weighted by atomic mass is 16.2. The molecule has 0 spiro atoms. The van der Waals surface area contributed by atoms with Crippen molar-refractivity contribution in [1.82, 2.24) is 15.1 Å². The molecule has 1 rings (SSSR count). The Morgan fingerprint density at radius 3 is 2.69 bits per heavy atom. The molecular formula is C12H25N3O. The Hall–Kier alpha value is -0.610. The lowest BCUT2D eigenvalue weighted by molar-refractivity contribution is -0.132. The molecule has 0 saturated carbocycles. The molecule has 4 nitrogen and oxygen atoms in total. The van der Waals surface area contributed by atoms with Crippen molar-refractivity contribution in [3.05, 3.63) is 0 Å². The summed E-state index contributed by atoms with van der Waals surface area (Å²) in [6.45, 7) is 8.35. The van der Waals surface area contributed by atoms with E-state index in [2.05, 4.69) is 10.2 Å². The number of nitrogens with zero attached hydrogens (tertiary/aromatic N) is 2. The second kappa shape index (κ2) is 6.86. The SMILES string of the molecule is CCN(CC)C(=O)CN1CCCC(NC)C1. The number of rotatable bonds is 5. The van der Waals surface area contributed by atoms with E-state index >= 15 is 0 Å². The number of nitrogens with one attached hydrogen (secondary N) is 1. The van der Waals surface area contributed by atoms with E-state index in [9.17, 15) is 4.79 Å². The van der Waals surface area contributed by atoms with E-state index in [1.807, 2.05) is 25.8 Å². The standard InChI is InChI=1S/C12H25N3O/c1-4-15(5-2)12(16)10-14-8-6-7-11(9-14)13-3/h11,13H,4-10H2,1-3H3. The van der Waals surface area contributed by atoms with Gasteiger partial charge in [-0.3, -0.25) is 9.69 Å². The predicted octanol–water partition coefficient (Wildman–Crippen LogP) is 0.539. The Labute approximate surface area is 99.0 Å². The number of likely N-dealkylation sites (tertiary alicyclic amines) is 1. The number of likely N-dealkylation sites (N-methyl/N-ethyl adjacent to an activating group) is 2. The molecule has 1 atom stereocenters. The van der Waals surface area contributed by atoms with Crippen LogP contribution in [-0.4, -0.2) is 61.5 Å². The molecule has 1 heterocycles. The second-order valence-corrected chi connectivity index (χ2v) is 4.43. The molecular weight excluding hydrogens is 202 g/mol. The van der Waals surface area contributed by atoms with Crippen LogP contribution < -0.4 is 5.32 Å². The van der Waals surface area contributed by atoms with Crippen LogP contribution in [0.2, 0.25) is 0 Å². The lowest BCUT2D eigenvalue weighted by Gasteiger charge is -2.33. The third-order valence-corrected chi connectivity index (χ3v) is 3.39. The molecule has 0 bridgehead atoms. The molecule has 4 heteroatoms. The average Bonchev–Trinajstić information content (AvgIpc) is 2.31. The van der Waals surface area contributed by atoms with Gasteiger partial charge in [-0.1, -0.05) is 0 Å². The van der Waals surface area contributed by atoms with Gasteiger partial charge < -0.3 is 10.2 Å². The third-order valence-electron chi connectivity index (χ3n) is 3.39. The maximum atomic E-state index is 11.9. The van der Waals surface area contributed by atoms with Crippen LogP contribution in [0, 0.1) is 0 Å². The van der Waals surface area contributed by atoms with Gasteiger partial charge in [-0.25, -0.2) is 0 Å². The fourth-order valence-corrected chi connectivity index (χ4v) is 2.30. The zero-order chi connectivity index (χ0) is 12.0. The quantitative estimate of drug-likeness (QED) is 0.744. The fourth-order valence-electron chi connectivity index (χ4n) is 2.30. The molecule has 0 aliphatic carbocycles. The van der Waals surface area contributed by atoms with Crippen LogP contribution in [0.1, 0.15) is 26.7 Å². The summed E-state index contributed by atoms with van der Waals surface area (Å²) < 4.78 is 0. The maximum absolute atomic E-state index is 11.9. The fraction of sp³-hybridized carbons (Fsp3) is 0.917. The van der Waals surface area contributed by atoms with Crippen LogP contribution in [0.3, 0.4) is 0 Å². The lowest BCUT2D eigenvalue weighted by Crippen LogP contribution is -2.48. The summed E-state index contributed by atoms with van der Waals surface area (Å²) >= 11 is 0. The van der Waals surface area contributed by atoms with Crippen LogP contribution in [0.25, 0.3) is 0 Å². The van der Waals surface area contributed by atoms with E-state index in [1.54, 1.807) is 0 Å². The molecule has 0 radical (unpaired) electrons. The van der Waals surface area contributed by atoms with E-state index in [0.717, 1.165) is 26.2 Å². The van der Waals surface area contributed by atoms with E-state index in [-0.39, 0.29) is 5.91 Å². The molecule has 94 valence electrons. The first-order valence-electron chi connectivity index (χ1n) is 6.38. The molecule has 0 aromatic rings. The van der Waals surface area contributed by atoms with E-state index in [4.69, 9.17) is 0 Å². The highest BCUT2D eigenvalue weighted by molar-refractivity contribution is 5.78. The number of hydrogen-bond donors (Lipinski definition) is 1. The summed E-state index contributed by atoms with van der Waals surface area (Å²) in [7, 11) is 2.00. The smallest absolute Gasteiger partial charge is 0.236 e. The van der Waals surface area contributed by atoms with Gasteiger partial charge in [0.15, 0.2) is 0 Å². The predicted molar refractivity (Wildman–Crippen MR) is 66.4 cm³/mol. The van der Waals surface area contributed by atoms with Gasteiger partial charge in [0.2, 0.25) is 5.91 Å². The molecule has 16 heavy (non-hydrogen) atoms. The van der Waals surface area contributed by atoms with Gasteiger partial charge >= 0.3 is 0 Å². The molecule has 0 aromatic heterocycles. The largest absolute Gasteiger partial charge is 0.342 e. The molecule has 1 fully saturated rings. The lowest BCUT2D eigenvalue weighted by atomic mass is 10.1. The van der Waals surface area contributed by atoms with Gasteiger partial charge in [0.1, 0.15) is 0 Å². The summed E-state index contributed by atoms with van der Waals surface area (Å²) in [4.78, 5) is 16.1. The number of amides is 1. The topological polar surface area (TPSA) is 35.6 Å². The van der Waals surface area contributed by atoms with Crippen molar-refractivity contribution < 1.29 is 4.79 Å². The summed E-state index contributed by atoms with van der Waals surface area (Å²) in [6.07, 6.45) is 2.42. The van der Waals surface area contributed by atoms with Crippen molar-refractivity contribution in [3.63, 3.8) is 0 Å². The minimum Gasteiger partial charge on any atom is -0.342 e. The van der Waals surface area contributed by atoms with E-state index < -0.39 is 0 Å². The van der Waals surface area contributed by atoms with E-state index in [1.165, 1.54) is 12.8 Å². The minimum absolute atomic E-state index is 0.266. The van der Waals surface area contributed by atoms with Crippen LogP contribution in [0.15, 0.2) is 0 Å². The maximum Gasteiger partial charge on any atom is 0.236 e. The van der Waals surface area contributed by atoms with E-state index in [0.29, 0.717) is 12.6 Å². The normalized spacial score (nSPS) is 22.1. The van der Waals surface area contributed by atoms with Crippen LogP contribution >= 0.6 is 0 Å². The Morgan fingerprint density at radius 2 is 2.12 bits per heavy atom. The Bertz CT molecular complexity index is 216.